The van der Waals surface area contributed by atoms with Crippen molar-refractivity contribution in [3.63, 3.8) is 0 Å². The van der Waals surface area contributed by atoms with Gasteiger partial charge in [0.25, 0.3) is 11.8 Å². The van der Waals surface area contributed by atoms with Crippen molar-refractivity contribution in [2.24, 2.45) is 0 Å². The van der Waals surface area contributed by atoms with Crippen LogP contribution in [0.25, 0.3) is 0 Å². The van der Waals surface area contributed by atoms with Crippen molar-refractivity contribution in [3.8, 4) is 0 Å². The summed E-state index contributed by atoms with van der Waals surface area (Å²) in [4.78, 5) is 51.4. The number of carbonyl (C=O) groups excluding carboxylic acids is 4. The average molecular weight is 408 g/mol. The molecule has 0 aromatic heterocycles. The maximum absolute atomic E-state index is 12.7. The minimum absolute atomic E-state index is 0.190. The van der Waals surface area contributed by atoms with Crippen LogP contribution in [0.4, 0.5) is 10.5 Å². The van der Waals surface area contributed by atoms with Gasteiger partial charge in [0.15, 0.2) is 0 Å². The highest BCUT2D eigenvalue weighted by molar-refractivity contribution is 6.08. The number of likely N-dealkylation sites (N-methyl/N-ethyl adjacent to an activating group) is 2. The zero-order valence-corrected chi connectivity index (χ0v) is 17.1. The number of urea groups is 1. The molecule has 2 aromatic rings. The second-order valence-electron chi connectivity index (χ2n) is 7.28. The van der Waals surface area contributed by atoms with Gasteiger partial charge in [0, 0.05) is 20.6 Å². The SMILES string of the molecule is Cc1cccc(CNC(=O)c2ccccc2NC(=O)C[C@@H]2C(=O)N(C)C(=O)N2C)c1. The van der Waals surface area contributed by atoms with Gasteiger partial charge in [-0.2, -0.15) is 0 Å². The molecule has 8 nitrogen and oxygen atoms in total. The molecule has 1 fully saturated rings. The number of hydrogen-bond acceptors (Lipinski definition) is 4. The molecule has 1 heterocycles. The van der Waals surface area contributed by atoms with E-state index in [1.807, 2.05) is 31.2 Å². The Labute approximate surface area is 174 Å². The number of carbonyl (C=O) groups is 4. The van der Waals surface area contributed by atoms with Crippen molar-refractivity contribution in [1.29, 1.82) is 0 Å². The average Bonchev–Trinajstić information content (AvgIpc) is 2.90. The summed E-state index contributed by atoms with van der Waals surface area (Å²) >= 11 is 0. The lowest BCUT2D eigenvalue weighted by molar-refractivity contribution is -0.129. The number of hydrogen-bond donors (Lipinski definition) is 2. The van der Waals surface area contributed by atoms with Crippen LogP contribution in [-0.2, 0) is 16.1 Å². The zero-order chi connectivity index (χ0) is 21.8. The molecule has 1 aliphatic rings. The number of para-hydroxylation sites is 1. The van der Waals surface area contributed by atoms with Gasteiger partial charge in [-0.15, -0.1) is 0 Å². The topological polar surface area (TPSA) is 98.8 Å². The molecule has 0 radical (unpaired) electrons. The van der Waals surface area contributed by atoms with Crippen molar-refractivity contribution in [2.75, 3.05) is 19.4 Å². The Balaban J connectivity index is 1.66. The molecule has 0 bridgehead atoms. The highest BCUT2D eigenvalue weighted by Crippen LogP contribution is 2.19. The number of nitrogens with zero attached hydrogens (tertiary/aromatic N) is 2. The Bertz CT molecular complexity index is 1000. The number of benzene rings is 2. The maximum atomic E-state index is 12.7. The van der Waals surface area contributed by atoms with E-state index in [2.05, 4.69) is 10.6 Å². The monoisotopic (exact) mass is 408 g/mol. The highest BCUT2D eigenvalue weighted by Gasteiger charge is 2.41. The third-order valence-electron chi connectivity index (χ3n) is 5.03. The third kappa shape index (κ3) is 4.48. The first kappa shape index (κ1) is 21.0. The van der Waals surface area contributed by atoms with E-state index < -0.39 is 23.9 Å². The second kappa shape index (κ2) is 8.77. The number of imide groups is 1. The summed E-state index contributed by atoms with van der Waals surface area (Å²) in [7, 11) is 2.86. The first-order valence-electron chi connectivity index (χ1n) is 9.55. The minimum atomic E-state index is -0.857. The van der Waals surface area contributed by atoms with Gasteiger partial charge in [-0.3, -0.25) is 19.3 Å². The van der Waals surface area contributed by atoms with Crippen LogP contribution in [0.2, 0.25) is 0 Å². The summed E-state index contributed by atoms with van der Waals surface area (Å²) in [6.07, 6.45) is -0.190. The predicted molar refractivity (Wildman–Crippen MR) is 112 cm³/mol. The molecule has 0 saturated carbocycles. The van der Waals surface area contributed by atoms with Crippen LogP contribution in [0.1, 0.15) is 27.9 Å². The molecule has 30 heavy (non-hydrogen) atoms. The lowest BCUT2D eigenvalue weighted by atomic mass is 10.1. The number of amides is 5. The fourth-order valence-electron chi connectivity index (χ4n) is 3.34. The van der Waals surface area contributed by atoms with Gasteiger partial charge in [0.1, 0.15) is 6.04 Å². The summed E-state index contributed by atoms with van der Waals surface area (Å²) in [6, 6.07) is 13.2. The van der Waals surface area contributed by atoms with Crippen LogP contribution in [0, 0.1) is 6.92 Å². The first-order valence-corrected chi connectivity index (χ1v) is 9.55. The summed E-state index contributed by atoms with van der Waals surface area (Å²) in [5, 5.41) is 5.54. The molecule has 8 heteroatoms. The van der Waals surface area contributed by atoms with E-state index in [0.717, 1.165) is 16.0 Å². The van der Waals surface area contributed by atoms with Gasteiger partial charge in [-0.05, 0) is 24.6 Å². The van der Waals surface area contributed by atoms with E-state index in [-0.39, 0.29) is 12.3 Å². The van der Waals surface area contributed by atoms with Crippen molar-refractivity contribution in [2.45, 2.75) is 25.9 Å². The van der Waals surface area contributed by atoms with Crippen molar-refractivity contribution in [3.05, 3.63) is 65.2 Å². The lowest BCUT2D eigenvalue weighted by Crippen LogP contribution is -2.35. The third-order valence-corrected chi connectivity index (χ3v) is 5.03. The Morgan fingerprint density at radius 3 is 2.43 bits per heavy atom. The number of aryl methyl sites for hydroxylation is 1. The molecule has 3 rings (SSSR count). The fraction of sp³-hybridized carbons (Fsp3) is 0.273. The van der Waals surface area contributed by atoms with E-state index in [9.17, 15) is 19.2 Å². The van der Waals surface area contributed by atoms with Gasteiger partial charge < -0.3 is 15.5 Å². The van der Waals surface area contributed by atoms with E-state index in [1.165, 1.54) is 19.0 Å². The molecule has 5 amide bonds. The van der Waals surface area contributed by atoms with Gasteiger partial charge >= 0.3 is 6.03 Å². The number of nitrogens with one attached hydrogen (secondary N) is 2. The number of anilines is 1. The summed E-state index contributed by atoms with van der Waals surface area (Å²) in [6.45, 7) is 2.34. The molecule has 1 saturated heterocycles. The molecule has 1 aliphatic heterocycles. The van der Waals surface area contributed by atoms with Crippen LogP contribution in [-0.4, -0.2) is 53.7 Å². The van der Waals surface area contributed by atoms with Gasteiger partial charge in [-0.1, -0.05) is 42.0 Å². The van der Waals surface area contributed by atoms with Gasteiger partial charge in [0.05, 0.1) is 17.7 Å². The molecule has 0 unspecified atom stereocenters. The maximum Gasteiger partial charge on any atom is 0.326 e. The van der Waals surface area contributed by atoms with Crippen molar-refractivity contribution >= 4 is 29.4 Å². The van der Waals surface area contributed by atoms with Crippen LogP contribution >= 0.6 is 0 Å². The second-order valence-corrected chi connectivity index (χ2v) is 7.28. The molecule has 2 aromatic carbocycles. The summed E-state index contributed by atoms with van der Waals surface area (Å²) in [5.74, 6) is -1.21. The van der Waals surface area contributed by atoms with Crippen LogP contribution in [0.15, 0.2) is 48.5 Å². The standard InChI is InChI=1S/C22H24N4O4/c1-14-7-6-8-15(11-14)13-23-20(28)16-9-4-5-10-17(16)24-19(27)12-18-21(29)26(3)22(30)25(18)2/h4-11,18H,12-13H2,1-3H3,(H,23,28)(H,24,27)/t18-/m1/s1. The molecule has 2 N–H and O–H groups in total. The molecular formula is C22H24N4O4. The van der Waals surface area contributed by atoms with Crippen LogP contribution in [0.5, 0.6) is 0 Å². The molecular weight excluding hydrogens is 384 g/mol. The lowest BCUT2D eigenvalue weighted by Gasteiger charge is -2.16. The Morgan fingerprint density at radius 2 is 1.77 bits per heavy atom. The molecule has 1 atom stereocenters. The fourth-order valence-corrected chi connectivity index (χ4v) is 3.34. The molecule has 0 aliphatic carbocycles. The predicted octanol–water partition coefficient (Wildman–Crippen LogP) is 2.15. The first-order chi connectivity index (χ1) is 14.3. The Kier molecular flexibility index (Phi) is 6.15. The summed E-state index contributed by atoms with van der Waals surface area (Å²) < 4.78 is 0. The highest BCUT2D eigenvalue weighted by atomic mass is 16.2. The summed E-state index contributed by atoms with van der Waals surface area (Å²) in [5.41, 5.74) is 2.74. The smallest absolute Gasteiger partial charge is 0.326 e. The zero-order valence-electron chi connectivity index (χ0n) is 17.1. The number of rotatable bonds is 6. The van der Waals surface area contributed by atoms with E-state index in [1.54, 1.807) is 24.3 Å². The quantitative estimate of drug-likeness (QED) is 0.716. The van der Waals surface area contributed by atoms with Crippen molar-refractivity contribution < 1.29 is 19.2 Å². The largest absolute Gasteiger partial charge is 0.348 e. The van der Waals surface area contributed by atoms with E-state index in [0.29, 0.717) is 17.8 Å². The Hall–Kier alpha value is -3.68. The normalized spacial score (nSPS) is 16.0. The van der Waals surface area contributed by atoms with E-state index in [4.69, 9.17) is 0 Å². The van der Waals surface area contributed by atoms with Crippen LogP contribution < -0.4 is 10.6 Å². The van der Waals surface area contributed by atoms with Gasteiger partial charge in [-0.25, -0.2) is 4.79 Å². The minimum Gasteiger partial charge on any atom is -0.348 e. The molecule has 156 valence electrons. The Morgan fingerprint density at radius 1 is 1.03 bits per heavy atom. The van der Waals surface area contributed by atoms with E-state index >= 15 is 0 Å². The van der Waals surface area contributed by atoms with Gasteiger partial charge in [0.2, 0.25) is 5.91 Å². The van der Waals surface area contributed by atoms with Crippen LogP contribution in [0.3, 0.4) is 0 Å². The van der Waals surface area contributed by atoms with Crippen molar-refractivity contribution in [1.82, 2.24) is 15.1 Å². The molecule has 0 spiro atoms.